The molecular weight excluding hydrogens is 749 g/mol. The van der Waals surface area contributed by atoms with Gasteiger partial charge in [-0.05, 0) is 181 Å². The van der Waals surface area contributed by atoms with Gasteiger partial charge < -0.3 is 37.9 Å². The van der Waals surface area contributed by atoms with Gasteiger partial charge in [0.1, 0.15) is 13.2 Å². The molecular formula is C49H66O10. The van der Waals surface area contributed by atoms with Gasteiger partial charge in [0.05, 0.1) is 66.1 Å². The molecule has 0 aromatic carbocycles. The first-order valence-electron chi connectivity index (χ1n) is 24.2. The maximum atomic E-state index is 15.0. The summed E-state index contributed by atoms with van der Waals surface area (Å²) in [5, 5.41) is 0. The molecule has 0 aromatic rings. The average molecular weight is 815 g/mol. The molecule has 0 saturated heterocycles. The van der Waals surface area contributed by atoms with Crippen molar-refractivity contribution in [2.45, 2.75) is 51.4 Å². The molecule has 10 saturated carbocycles. The number of fused-ring (bicyclic) bond motifs is 3. The Kier molecular flexibility index (Phi) is 9.01. The van der Waals surface area contributed by atoms with Crippen molar-refractivity contribution < 1.29 is 47.5 Å². The van der Waals surface area contributed by atoms with Crippen molar-refractivity contribution in [2.75, 3.05) is 93.5 Å². The average Bonchev–Trinajstić information content (AvgIpc) is 3.54. The lowest BCUT2D eigenvalue weighted by molar-refractivity contribution is -0.169. The molecule has 6 unspecified atom stereocenters. The number of esters is 2. The molecule has 0 aromatic heterocycles. The maximum absolute atomic E-state index is 15.0. The number of carbonyl (C=O) groups is 2. The second-order valence-corrected chi connectivity index (χ2v) is 21.7. The molecule has 13 rings (SSSR count). The van der Waals surface area contributed by atoms with Gasteiger partial charge in [-0.2, -0.15) is 0 Å². The van der Waals surface area contributed by atoms with Gasteiger partial charge in [-0.15, -0.1) is 0 Å². The van der Waals surface area contributed by atoms with E-state index in [-0.39, 0.29) is 50.2 Å². The van der Waals surface area contributed by atoms with Gasteiger partial charge in [0, 0.05) is 14.2 Å². The summed E-state index contributed by atoms with van der Waals surface area (Å²) < 4.78 is 45.3. The Hall–Kier alpha value is -1.82. The number of ether oxygens (including phenoxy) is 8. The van der Waals surface area contributed by atoms with Crippen LogP contribution in [0.3, 0.4) is 0 Å². The molecule has 10 nitrogen and oxygen atoms in total. The summed E-state index contributed by atoms with van der Waals surface area (Å²) in [4.78, 5) is 29.9. The third-order valence-corrected chi connectivity index (χ3v) is 20.4. The molecule has 322 valence electrons. The SMILES string of the molecule is COCCOCCOCCOC(=O)C1(C(=O)OCCOCCOCCOC)[C@@H]2[C@H]3C[C@H]4CC5C[C@@H]6CC[C@@H]7C[C@@H]8CC9CC([C@@H]%10C%11=C9C8=C8C9C([C@H]5[C@H]4[C@H](C%119)[C@H]3%10)[C@H]6[C@@H]87)[C@@H]21. The molecule has 13 aliphatic rings. The van der Waals surface area contributed by atoms with Gasteiger partial charge in [-0.1, -0.05) is 11.1 Å². The van der Waals surface area contributed by atoms with Crippen LogP contribution in [0.5, 0.6) is 0 Å². The number of allylic oxidation sites excluding steroid dienone is 4. The molecule has 0 radical (unpaired) electrons. The Morgan fingerprint density at radius 1 is 0.458 bits per heavy atom. The zero-order chi connectivity index (χ0) is 39.3. The van der Waals surface area contributed by atoms with E-state index in [9.17, 15) is 9.59 Å². The standard InChI is InChI=1S/C49H66O10/c1-52-5-7-54-9-11-56-13-15-58-47(50)49(48(51)59-16-14-57-12-10-55-8-6-53-2)45-29-21-27-19-25-17-23-3-4-24-18-26-20-28-22-30(46(45)49)38-37(29)41-35(27)33(25)39-31(23)32(24)40-34(26)36(28)42(38)44(41)43(39)40/h23-33,35,37-39,41,43-46H,3-22H2,1-2H3/t23-,24+,25?,26+,27+,28?,29-,30?,31+,32-,33+,35-,37+,38-,39?,41-,43?,44?,45+,46-/m0/s1. The lowest BCUT2D eigenvalue weighted by Gasteiger charge is -2.58. The van der Waals surface area contributed by atoms with Crippen LogP contribution in [-0.2, 0) is 47.5 Å². The first-order valence-corrected chi connectivity index (χ1v) is 24.2. The molecule has 13 aliphatic carbocycles. The third-order valence-electron chi connectivity index (χ3n) is 20.4. The fourth-order valence-electron chi connectivity index (χ4n) is 19.9. The number of methoxy groups -OCH3 is 2. The van der Waals surface area contributed by atoms with Crippen LogP contribution in [0.15, 0.2) is 22.3 Å². The zero-order valence-electron chi connectivity index (χ0n) is 35.3. The van der Waals surface area contributed by atoms with Gasteiger partial charge in [0.25, 0.3) is 0 Å². The molecule has 0 aliphatic heterocycles. The number of hydrogen-bond acceptors (Lipinski definition) is 10. The highest BCUT2D eigenvalue weighted by molar-refractivity contribution is 6.05. The predicted octanol–water partition coefficient (Wildman–Crippen LogP) is 5.63. The zero-order valence-corrected chi connectivity index (χ0v) is 35.3. The van der Waals surface area contributed by atoms with E-state index in [2.05, 4.69) is 5.57 Å². The first kappa shape index (κ1) is 37.7. The summed E-state index contributed by atoms with van der Waals surface area (Å²) in [7, 11) is 3.32. The molecule has 20 atom stereocenters. The van der Waals surface area contributed by atoms with Gasteiger partial charge in [0.2, 0.25) is 0 Å². The Bertz CT molecular complexity index is 1770. The fraction of sp³-hybridized carbons (Fsp3) is 0.878. The summed E-state index contributed by atoms with van der Waals surface area (Å²) in [6.45, 7) is 4.69. The van der Waals surface area contributed by atoms with Crippen molar-refractivity contribution in [1.82, 2.24) is 0 Å². The number of hydrogen-bond donors (Lipinski definition) is 0. The van der Waals surface area contributed by atoms with Crippen molar-refractivity contribution in [2.24, 2.45) is 124 Å². The van der Waals surface area contributed by atoms with Crippen LogP contribution in [0.4, 0.5) is 0 Å². The predicted molar refractivity (Wildman–Crippen MR) is 212 cm³/mol. The second kappa shape index (κ2) is 14.1. The summed E-state index contributed by atoms with van der Waals surface area (Å²) in [6.07, 6.45) is 11.0. The van der Waals surface area contributed by atoms with Crippen molar-refractivity contribution in [1.29, 1.82) is 0 Å². The van der Waals surface area contributed by atoms with E-state index in [0.717, 1.165) is 83.4 Å². The third kappa shape index (κ3) is 4.91. The van der Waals surface area contributed by atoms with Crippen LogP contribution in [0.25, 0.3) is 0 Å². The molecule has 10 heteroatoms. The lowest BCUT2D eigenvalue weighted by Crippen LogP contribution is -2.54. The van der Waals surface area contributed by atoms with Crippen molar-refractivity contribution >= 4 is 11.9 Å². The molecule has 0 heterocycles. The minimum Gasteiger partial charge on any atom is -0.462 e. The first-order chi connectivity index (χ1) is 29.1. The van der Waals surface area contributed by atoms with Crippen LogP contribution in [0.2, 0.25) is 0 Å². The van der Waals surface area contributed by atoms with Crippen LogP contribution < -0.4 is 0 Å². The molecule has 0 bridgehead atoms. The molecule has 0 N–H and O–H groups in total. The normalized spacial score (nSPS) is 48.6. The van der Waals surface area contributed by atoms with E-state index in [1.54, 1.807) is 14.2 Å². The van der Waals surface area contributed by atoms with Gasteiger partial charge >= 0.3 is 11.9 Å². The molecule has 10 fully saturated rings. The summed E-state index contributed by atoms with van der Waals surface area (Å²) in [5.74, 6) is 13.0. The van der Waals surface area contributed by atoms with E-state index in [1.807, 2.05) is 16.7 Å². The largest absolute Gasteiger partial charge is 0.462 e. The number of carbonyl (C=O) groups excluding carboxylic acids is 2. The van der Waals surface area contributed by atoms with E-state index < -0.39 is 5.41 Å². The van der Waals surface area contributed by atoms with Crippen molar-refractivity contribution in [3.63, 3.8) is 0 Å². The highest BCUT2D eigenvalue weighted by Gasteiger charge is 2.88. The van der Waals surface area contributed by atoms with Crippen LogP contribution >= 0.6 is 0 Å². The minimum atomic E-state index is -1.23. The quantitative estimate of drug-likeness (QED) is 0.0873. The molecule has 59 heavy (non-hydrogen) atoms. The number of rotatable bonds is 20. The van der Waals surface area contributed by atoms with E-state index in [4.69, 9.17) is 37.9 Å². The van der Waals surface area contributed by atoms with Crippen LogP contribution in [0.1, 0.15) is 51.4 Å². The van der Waals surface area contributed by atoms with Gasteiger partial charge in [-0.25, -0.2) is 0 Å². The molecule has 0 spiro atoms. The van der Waals surface area contributed by atoms with Gasteiger partial charge in [-0.3, -0.25) is 9.59 Å². The fourth-order valence-corrected chi connectivity index (χ4v) is 19.9. The Balaban J connectivity index is 0.825. The lowest BCUT2D eigenvalue weighted by atomic mass is 9.46. The van der Waals surface area contributed by atoms with Crippen LogP contribution in [-0.4, -0.2) is 105 Å². The smallest absolute Gasteiger partial charge is 0.324 e. The summed E-state index contributed by atoms with van der Waals surface area (Å²) in [5.41, 5.74) is 6.62. The van der Waals surface area contributed by atoms with Gasteiger partial charge in [0.15, 0.2) is 5.41 Å². The van der Waals surface area contributed by atoms with E-state index in [0.29, 0.717) is 82.4 Å². The van der Waals surface area contributed by atoms with Crippen molar-refractivity contribution in [3.05, 3.63) is 22.3 Å². The van der Waals surface area contributed by atoms with E-state index in [1.165, 1.54) is 44.9 Å². The summed E-state index contributed by atoms with van der Waals surface area (Å²) in [6, 6.07) is 0. The Labute approximate surface area is 349 Å². The highest BCUT2D eigenvalue weighted by Crippen LogP contribution is 2.88. The second-order valence-electron chi connectivity index (χ2n) is 21.7. The van der Waals surface area contributed by atoms with Crippen LogP contribution in [0, 0.1) is 124 Å². The molecule has 0 amide bonds. The Morgan fingerprint density at radius 3 is 1.61 bits per heavy atom. The minimum absolute atomic E-state index is 0.000462. The maximum Gasteiger partial charge on any atom is 0.324 e. The Morgan fingerprint density at radius 2 is 0.966 bits per heavy atom. The monoisotopic (exact) mass is 814 g/mol. The van der Waals surface area contributed by atoms with E-state index >= 15 is 0 Å². The van der Waals surface area contributed by atoms with Crippen molar-refractivity contribution in [3.8, 4) is 0 Å². The highest BCUT2D eigenvalue weighted by atomic mass is 16.6. The summed E-state index contributed by atoms with van der Waals surface area (Å²) >= 11 is 0. The topological polar surface area (TPSA) is 108 Å².